The quantitative estimate of drug-likeness (QED) is 0.399. The van der Waals surface area contributed by atoms with Crippen molar-refractivity contribution in [2.45, 2.75) is 51.1 Å². The van der Waals surface area contributed by atoms with Crippen molar-refractivity contribution in [3.8, 4) is 0 Å². The molecule has 0 aromatic heterocycles. The molecule has 5 nitrogen and oxygen atoms in total. The van der Waals surface area contributed by atoms with Crippen molar-refractivity contribution < 1.29 is 25.2 Å². The van der Waals surface area contributed by atoms with Gasteiger partial charge in [0.25, 0.3) is 0 Å². The first kappa shape index (κ1) is 14.8. The van der Waals surface area contributed by atoms with Crippen molar-refractivity contribution >= 4 is 0 Å². The van der Waals surface area contributed by atoms with E-state index in [0.717, 1.165) is 0 Å². The van der Waals surface area contributed by atoms with Gasteiger partial charge >= 0.3 is 0 Å². The maximum Gasteiger partial charge on any atom is 0.186 e. The fourth-order valence-corrected chi connectivity index (χ4v) is 0.969. The minimum absolute atomic E-state index is 0.239. The number of hydrogen-bond donors (Lipinski definition) is 3. The van der Waals surface area contributed by atoms with E-state index in [-0.39, 0.29) is 13.2 Å². The van der Waals surface area contributed by atoms with Crippen LogP contribution in [0.5, 0.6) is 0 Å². The van der Waals surface area contributed by atoms with Crippen molar-refractivity contribution in [1.82, 2.24) is 0 Å². The predicted molar refractivity (Wildman–Crippen MR) is 53.7 cm³/mol. The van der Waals surface area contributed by atoms with Gasteiger partial charge in [0.1, 0.15) is 5.60 Å². The number of ether oxygens (including phenoxy) is 1. The van der Waals surface area contributed by atoms with Gasteiger partial charge in [-0.3, -0.25) is 0 Å². The summed E-state index contributed by atoms with van der Waals surface area (Å²) in [6.45, 7) is 2.75. The van der Waals surface area contributed by atoms with Crippen molar-refractivity contribution in [3.63, 3.8) is 0 Å². The molecule has 0 saturated heterocycles. The largest absolute Gasteiger partial charge is 0.394 e. The standard InChI is InChI=1S/C10H21O5/c1-10(2,14)9(13)15-6-4-3-5-8(12)7-11/h8-9,11-13H,3-7H2,1-2H3. The molecule has 0 spiro atoms. The molecule has 0 aromatic rings. The Morgan fingerprint density at radius 2 is 1.87 bits per heavy atom. The average molecular weight is 221 g/mol. The molecule has 0 saturated carbocycles. The molecule has 5 heteroatoms. The zero-order chi connectivity index (χ0) is 11.9. The minimum Gasteiger partial charge on any atom is -0.394 e. The summed E-state index contributed by atoms with van der Waals surface area (Å²) in [6.07, 6.45) is -0.166. The Balaban J connectivity index is 3.39. The topological polar surface area (TPSA) is 89.8 Å². The normalized spacial score (nSPS) is 16.4. The van der Waals surface area contributed by atoms with Crippen LogP contribution in [0.2, 0.25) is 0 Å². The van der Waals surface area contributed by atoms with Crippen LogP contribution in [0.3, 0.4) is 0 Å². The minimum atomic E-state index is -1.51. The van der Waals surface area contributed by atoms with E-state index in [9.17, 15) is 10.2 Å². The predicted octanol–water partition coefficient (Wildman–Crippen LogP) is 0.0540. The van der Waals surface area contributed by atoms with E-state index in [4.69, 9.17) is 14.9 Å². The molecule has 91 valence electrons. The number of rotatable bonds is 8. The van der Waals surface area contributed by atoms with Gasteiger partial charge in [-0.1, -0.05) is 0 Å². The Bertz CT molecular complexity index is 154. The molecular weight excluding hydrogens is 200 g/mol. The van der Waals surface area contributed by atoms with Gasteiger partial charge in [-0.2, -0.15) is 0 Å². The highest BCUT2D eigenvalue weighted by Crippen LogP contribution is 2.11. The summed E-state index contributed by atoms with van der Waals surface area (Å²) in [7, 11) is 0. The van der Waals surface area contributed by atoms with E-state index in [1.54, 1.807) is 0 Å². The van der Waals surface area contributed by atoms with E-state index in [2.05, 4.69) is 0 Å². The van der Waals surface area contributed by atoms with E-state index in [1.807, 2.05) is 0 Å². The molecule has 0 aliphatic heterocycles. The highest BCUT2D eigenvalue weighted by molar-refractivity contribution is 4.67. The Kier molecular flexibility index (Phi) is 7.04. The molecule has 3 N–H and O–H groups in total. The molecular formula is C10H21O5. The Morgan fingerprint density at radius 1 is 1.27 bits per heavy atom. The van der Waals surface area contributed by atoms with Gasteiger partial charge in [0.2, 0.25) is 0 Å². The van der Waals surface area contributed by atoms with Gasteiger partial charge < -0.3 is 20.1 Å². The molecule has 15 heavy (non-hydrogen) atoms. The maximum absolute atomic E-state index is 11.2. The summed E-state index contributed by atoms with van der Waals surface area (Å²) in [5.41, 5.74) is -1.51. The Hall–Kier alpha value is -0.200. The van der Waals surface area contributed by atoms with Crippen LogP contribution < -0.4 is 0 Å². The summed E-state index contributed by atoms with van der Waals surface area (Å²) in [5, 5.41) is 37.9. The zero-order valence-electron chi connectivity index (χ0n) is 9.35. The number of hydrogen-bond acceptors (Lipinski definition) is 4. The third kappa shape index (κ3) is 7.70. The first-order chi connectivity index (χ1) is 6.88. The molecule has 0 fully saturated rings. The highest BCUT2D eigenvalue weighted by Gasteiger charge is 2.27. The lowest BCUT2D eigenvalue weighted by Crippen LogP contribution is -2.36. The summed E-state index contributed by atoms with van der Waals surface area (Å²) in [4.78, 5) is 0. The summed E-state index contributed by atoms with van der Waals surface area (Å²) in [5.74, 6) is 0. The molecule has 1 radical (unpaired) electrons. The first-order valence-corrected chi connectivity index (χ1v) is 5.17. The lowest BCUT2D eigenvalue weighted by molar-refractivity contribution is -0.220. The van der Waals surface area contributed by atoms with Gasteiger partial charge in [0.15, 0.2) is 6.29 Å². The lowest BCUT2D eigenvalue weighted by atomic mass is 10.1. The summed E-state index contributed by atoms with van der Waals surface area (Å²) >= 11 is 0. The first-order valence-electron chi connectivity index (χ1n) is 5.17. The molecule has 0 rings (SSSR count). The molecule has 2 atom stereocenters. The fourth-order valence-electron chi connectivity index (χ4n) is 0.969. The van der Waals surface area contributed by atoms with E-state index >= 15 is 0 Å². The third-order valence-corrected chi connectivity index (χ3v) is 2.01. The second kappa shape index (κ2) is 7.14. The van der Waals surface area contributed by atoms with Crippen LogP contribution in [-0.2, 0) is 9.84 Å². The number of aliphatic hydroxyl groups excluding tert-OH is 3. The van der Waals surface area contributed by atoms with Gasteiger partial charge in [0, 0.05) is 6.61 Å². The van der Waals surface area contributed by atoms with Crippen LogP contribution in [0.25, 0.3) is 0 Å². The number of aliphatic hydroxyl groups is 3. The van der Waals surface area contributed by atoms with Gasteiger partial charge in [-0.05, 0) is 33.1 Å². The van der Waals surface area contributed by atoms with Crippen LogP contribution in [-0.4, -0.2) is 46.5 Å². The Morgan fingerprint density at radius 3 is 2.33 bits per heavy atom. The zero-order valence-corrected chi connectivity index (χ0v) is 9.35. The highest BCUT2D eigenvalue weighted by atomic mass is 16.6. The Labute approximate surface area is 90.3 Å². The van der Waals surface area contributed by atoms with Gasteiger partial charge in [0.05, 0.1) is 12.7 Å². The van der Waals surface area contributed by atoms with E-state index in [0.29, 0.717) is 19.3 Å². The second-order valence-electron chi connectivity index (χ2n) is 4.16. The third-order valence-electron chi connectivity index (χ3n) is 2.01. The second-order valence-corrected chi connectivity index (χ2v) is 4.16. The SMILES string of the molecule is CC(C)([O])C(O)OCCCCC(O)CO. The van der Waals surface area contributed by atoms with Crippen LogP contribution in [0.15, 0.2) is 0 Å². The van der Waals surface area contributed by atoms with Crippen LogP contribution in [0.4, 0.5) is 0 Å². The molecule has 0 bridgehead atoms. The van der Waals surface area contributed by atoms with Gasteiger partial charge in [-0.15, -0.1) is 0 Å². The fraction of sp³-hybridized carbons (Fsp3) is 1.00. The van der Waals surface area contributed by atoms with Crippen molar-refractivity contribution in [2.75, 3.05) is 13.2 Å². The molecule has 2 unspecified atom stereocenters. The van der Waals surface area contributed by atoms with Crippen molar-refractivity contribution in [1.29, 1.82) is 0 Å². The molecule has 0 aromatic carbocycles. The summed E-state index contributed by atoms with van der Waals surface area (Å²) < 4.78 is 4.92. The maximum atomic E-state index is 11.2. The van der Waals surface area contributed by atoms with Gasteiger partial charge in [-0.25, -0.2) is 5.11 Å². The molecule has 0 aliphatic carbocycles. The van der Waals surface area contributed by atoms with Crippen molar-refractivity contribution in [2.24, 2.45) is 0 Å². The van der Waals surface area contributed by atoms with E-state index < -0.39 is 18.0 Å². The van der Waals surface area contributed by atoms with Crippen LogP contribution >= 0.6 is 0 Å². The molecule has 0 aliphatic rings. The molecule has 0 heterocycles. The van der Waals surface area contributed by atoms with Crippen LogP contribution in [0, 0.1) is 0 Å². The average Bonchev–Trinajstić information content (AvgIpc) is 2.15. The monoisotopic (exact) mass is 221 g/mol. The van der Waals surface area contributed by atoms with E-state index in [1.165, 1.54) is 13.8 Å². The number of unbranched alkanes of at least 4 members (excludes halogenated alkanes) is 1. The smallest absolute Gasteiger partial charge is 0.186 e. The summed E-state index contributed by atoms with van der Waals surface area (Å²) in [6, 6.07) is 0. The lowest BCUT2D eigenvalue weighted by Gasteiger charge is -2.21. The van der Waals surface area contributed by atoms with Crippen molar-refractivity contribution in [3.05, 3.63) is 0 Å². The molecule has 0 amide bonds. The van der Waals surface area contributed by atoms with Crippen LogP contribution in [0.1, 0.15) is 33.1 Å².